The lowest BCUT2D eigenvalue weighted by Crippen LogP contribution is -2.50. The average Bonchev–Trinajstić information content (AvgIpc) is 2.36. The molecular formula is C13H25NO5S. The molecule has 0 aliphatic carbocycles. The van der Waals surface area contributed by atoms with Crippen LogP contribution in [0.1, 0.15) is 47.5 Å². The first-order valence-corrected chi connectivity index (χ1v) is 8.20. The number of esters is 1. The van der Waals surface area contributed by atoms with Crippen molar-refractivity contribution < 1.29 is 22.7 Å². The molecule has 0 bridgehead atoms. The van der Waals surface area contributed by atoms with Gasteiger partial charge in [-0.2, -0.15) is 0 Å². The van der Waals surface area contributed by atoms with Crippen molar-refractivity contribution in [3.8, 4) is 0 Å². The van der Waals surface area contributed by atoms with Gasteiger partial charge in [-0.15, -0.1) is 0 Å². The van der Waals surface area contributed by atoms with Crippen LogP contribution in [0.25, 0.3) is 0 Å². The quantitative estimate of drug-likeness (QED) is 0.710. The molecule has 2 atom stereocenters. The summed E-state index contributed by atoms with van der Waals surface area (Å²) < 4.78 is 28.9. The zero-order valence-corrected chi connectivity index (χ0v) is 13.8. The Bertz CT molecular complexity index is 455. The van der Waals surface area contributed by atoms with Crippen molar-refractivity contribution in [3.63, 3.8) is 0 Å². The van der Waals surface area contributed by atoms with E-state index in [1.807, 2.05) is 20.8 Å². The summed E-state index contributed by atoms with van der Waals surface area (Å²) in [5.41, 5.74) is -0.466. The van der Waals surface area contributed by atoms with Crippen molar-refractivity contribution in [2.24, 2.45) is 0 Å². The summed E-state index contributed by atoms with van der Waals surface area (Å²) in [7, 11) is -2.54. The zero-order chi connectivity index (χ0) is 16.1. The van der Waals surface area contributed by atoms with Crippen molar-refractivity contribution in [2.75, 3.05) is 7.11 Å². The third-order valence-electron chi connectivity index (χ3n) is 3.45. The van der Waals surface area contributed by atoms with Crippen LogP contribution in [0.3, 0.4) is 0 Å². The van der Waals surface area contributed by atoms with Gasteiger partial charge < -0.3 is 10.1 Å². The van der Waals surface area contributed by atoms with Crippen LogP contribution in [0.4, 0.5) is 0 Å². The van der Waals surface area contributed by atoms with Gasteiger partial charge in [0.2, 0.25) is 5.91 Å². The standard InChI is InChI=1S/C13H25NO5S/c1-7-13(4,5)14-12(16)10(3)20(17,18)9(2)8-11(15)19-6/h9-10H,7-8H2,1-6H3,(H,14,16). The molecule has 1 N–H and O–H groups in total. The first-order valence-electron chi connectivity index (χ1n) is 6.59. The SMILES string of the molecule is CCC(C)(C)NC(=O)C(C)S(=O)(=O)C(C)CC(=O)OC. The minimum absolute atomic E-state index is 0.256. The Morgan fingerprint density at radius 3 is 2.15 bits per heavy atom. The highest BCUT2D eigenvalue weighted by molar-refractivity contribution is 7.93. The molecule has 118 valence electrons. The van der Waals surface area contributed by atoms with Gasteiger partial charge in [-0.3, -0.25) is 9.59 Å². The Hall–Kier alpha value is -1.11. The van der Waals surface area contributed by atoms with Crippen LogP contribution in [0.5, 0.6) is 0 Å². The average molecular weight is 307 g/mol. The number of hydrogen-bond acceptors (Lipinski definition) is 5. The molecule has 0 heterocycles. The number of ether oxygens (including phenoxy) is 1. The molecule has 6 nitrogen and oxygen atoms in total. The first-order chi connectivity index (χ1) is 8.97. The molecule has 0 radical (unpaired) electrons. The Kier molecular flexibility index (Phi) is 6.67. The molecule has 0 aliphatic heterocycles. The number of carbonyl (C=O) groups excluding carboxylic acids is 2. The molecule has 0 spiro atoms. The number of sulfone groups is 1. The van der Waals surface area contributed by atoms with Crippen molar-refractivity contribution in [2.45, 2.75) is 63.5 Å². The van der Waals surface area contributed by atoms with Gasteiger partial charge in [-0.1, -0.05) is 6.92 Å². The van der Waals surface area contributed by atoms with Gasteiger partial charge in [0, 0.05) is 5.54 Å². The van der Waals surface area contributed by atoms with E-state index in [9.17, 15) is 18.0 Å². The fourth-order valence-electron chi connectivity index (χ4n) is 1.46. The Morgan fingerprint density at radius 2 is 1.75 bits per heavy atom. The number of rotatable bonds is 7. The topological polar surface area (TPSA) is 89.5 Å². The van der Waals surface area contributed by atoms with E-state index in [4.69, 9.17) is 0 Å². The summed E-state index contributed by atoms with van der Waals surface area (Å²) in [5.74, 6) is -1.16. The Labute approximate surface area is 121 Å². The number of carbonyl (C=O) groups is 2. The molecule has 0 aliphatic rings. The summed E-state index contributed by atoms with van der Waals surface area (Å²) >= 11 is 0. The molecule has 7 heteroatoms. The van der Waals surface area contributed by atoms with Crippen LogP contribution in [0.15, 0.2) is 0 Å². The lowest BCUT2D eigenvalue weighted by Gasteiger charge is -2.27. The highest BCUT2D eigenvalue weighted by Gasteiger charge is 2.35. The predicted octanol–water partition coefficient (Wildman–Crippen LogP) is 1.05. The second-order valence-corrected chi connectivity index (χ2v) is 8.24. The van der Waals surface area contributed by atoms with E-state index in [1.54, 1.807) is 0 Å². The Morgan fingerprint density at radius 1 is 1.25 bits per heavy atom. The smallest absolute Gasteiger partial charge is 0.306 e. The summed E-state index contributed by atoms with van der Waals surface area (Å²) in [6.07, 6.45) is 0.427. The first kappa shape index (κ1) is 18.9. The van der Waals surface area contributed by atoms with Crippen LogP contribution in [-0.2, 0) is 24.2 Å². The van der Waals surface area contributed by atoms with Gasteiger partial charge in [0.05, 0.1) is 18.8 Å². The third kappa shape index (κ3) is 5.11. The molecule has 0 fully saturated rings. The predicted molar refractivity (Wildman–Crippen MR) is 77.0 cm³/mol. The molecule has 0 rings (SSSR count). The molecule has 0 aromatic rings. The number of methoxy groups -OCH3 is 1. The van der Waals surface area contributed by atoms with E-state index in [1.165, 1.54) is 21.0 Å². The van der Waals surface area contributed by atoms with E-state index in [0.717, 1.165) is 0 Å². The molecule has 0 aromatic carbocycles. The molecule has 1 amide bonds. The fourth-order valence-corrected chi connectivity index (χ4v) is 2.88. The van der Waals surface area contributed by atoms with Crippen LogP contribution >= 0.6 is 0 Å². The third-order valence-corrected chi connectivity index (χ3v) is 5.94. The van der Waals surface area contributed by atoms with Crippen molar-refractivity contribution >= 4 is 21.7 Å². The number of hydrogen-bond donors (Lipinski definition) is 1. The maximum atomic E-state index is 12.2. The van der Waals surface area contributed by atoms with Crippen LogP contribution in [0.2, 0.25) is 0 Å². The summed E-state index contributed by atoms with van der Waals surface area (Å²) in [4.78, 5) is 23.2. The van der Waals surface area contributed by atoms with E-state index >= 15 is 0 Å². The summed E-state index contributed by atoms with van der Waals surface area (Å²) in [6.45, 7) is 8.29. The van der Waals surface area contributed by atoms with Crippen LogP contribution < -0.4 is 5.32 Å². The second-order valence-electron chi connectivity index (χ2n) is 5.55. The minimum atomic E-state index is -3.74. The highest BCUT2D eigenvalue weighted by Crippen LogP contribution is 2.15. The summed E-state index contributed by atoms with van der Waals surface area (Å²) in [5, 5.41) is 0.541. The zero-order valence-electron chi connectivity index (χ0n) is 13.0. The largest absolute Gasteiger partial charge is 0.469 e. The normalized spacial score (nSPS) is 15.3. The van der Waals surface area contributed by atoms with Crippen LogP contribution in [0, 0.1) is 0 Å². The summed E-state index contributed by atoms with van der Waals surface area (Å²) in [6, 6.07) is 0. The van der Waals surface area contributed by atoms with Crippen molar-refractivity contribution in [1.29, 1.82) is 0 Å². The van der Waals surface area contributed by atoms with Gasteiger partial charge in [-0.25, -0.2) is 8.42 Å². The van der Waals surface area contributed by atoms with Gasteiger partial charge in [-0.05, 0) is 34.1 Å². The van der Waals surface area contributed by atoms with E-state index < -0.39 is 37.8 Å². The van der Waals surface area contributed by atoms with Gasteiger partial charge >= 0.3 is 5.97 Å². The Balaban J connectivity index is 4.94. The fraction of sp³-hybridized carbons (Fsp3) is 0.846. The van der Waals surface area contributed by atoms with Crippen molar-refractivity contribution in [3.05, 3.63) is 0 Å². The lowest BCUT2D eigenvalue weighted by molar-refractivity contribution is -0.140. The van der Waals surface area contributed by atoms with Crippen LogP contribution in [-0.4, -0.2) is 43.4 Å². The molecule has 0 saturated carbocycles. The second kappa shape index (κ2) is 7.06. The maximum Gasteiger partial charge on any atom is 0.306 e. The monoisotopic (exact) mass is 307 g/mol. The molecular weight excluding hydrogens is 282 g/mol. The van der Waals surface area contributed by atoms with Gasteiger partial charge in [0.15, 0.2) is 9.84 Å². The number of amides is 1. The van der Waals surface area contributed by atoms with E-state index in [-0.39, 0.29) is 6.42 Å². The minimum Gasteiger partial charge on any atom is -0.469 e. The van der Waals surface area contributed by atoms with Gasteiger partial charge in [0.25, 0.3) is 0 Å². The van der Waals surface area contributed by atoms with Crippen molar-refractivity contribution in [1.82, 2.24) is 5.32 Å². The van der Waals surface area contributed by atoms with Gasteiger partial charge in [0.1, 0.15) is 5.25 Å². The molecule has 20 heavy (non-hydrogen) atoms. The molecule has 2 unspecified atom stereocenters. The molecule has 0 aromatic heterocycles. The lowest BCUT2D eigenvalue weighted by atomic mass is 10.0. The molecule has 0 saturated heterocycles. The maximum absolute atomic E-state index is 12.2. The number of nitrogens with one attached hydrogen (secondary N) is 1. The van der Waals surface area contributed by atoms with E-state index in [0.29, 0.717) is 6.42 Å². The van der Waals surface area contributed by atoms with E-state index in [2.05, 4.69) is 10.1 Å². The highest BCUT2D eigenvalue weighted by atomic mass is 32.2.